The van der Waals surface area contributed by atoms with Crippen LogP contribution >= 0.6 is 0 Å². The van der Waals surface area contributed by atoms with Crippen LogP contribution < -0.4 is 9.46 Å². The fraction of sp³-hybridized carbons (Fsp3) is 0.571. The summed E-state index contributed by atoms with van der Waals surface area (Å²) in [7, 11) is -3.53. The van der Waals surface area contributed by atoms with E-state index in [0.29, 0.717) is 18.9 Å². The van der Waals surface area contributed by atoms with Gasteiger partial charge in [0.1, 0.15) is 12.4 Å². The van der Waals surface area contributed by atoms with Crippen LogP contribution in [0.5, 0.6) is 5.75 Å². The highest BCUT2D eigenvalue weighted by atomic mass is 32.2. The predicted octanol–water partition coefficient (Wildman–Crippen LogP) is 0.905. The zero-order chi connectivity index (χ0) is 15.1. The number of hydrogen-bond donors (Lipinski definition) is 2. The summed E-state index contributed by atoms with van der Waals surface area (Å²) in [5.74, 6) is 0.526. The van der Waals surface area contributed by atoms with Crippen molar-refractivity contribution in [3.63, 3.8) is 0 Å². The number of ether oxygens (including phenoxy) is 2. The lowest BCUT2D eigenvalue weighted by Crippen LogP contribution is -2.35. The van der Waals surface area contributed by atoms with Crippen molar-refractivity contribution in [1.29, 1.82) is 0 Å². The van der Waals surface area contributed by atoms with Gasteiger partial charge >= 0.3 is 0 Å². The number of hydrogen-bond acceptors (Lipinski definition) is 5. The molecule has 1 aliphatic heterocycles. The van der Waals surface area contributed by atoms with Gasteiger partial charge in [-0.2, -0.15) is 0 Å². The second-order valence-electron chi connectivity index (χ2n) is 4.88. The van der Waals surface area contributed by atoms with Crippen molar-refractivity contribution < 1.29 is 23.0 Å². The maximum Gasteiger partial charge on any atom is 0.240 e. The van der Waals surface area contributed by atoms with E-state index in [9.17, 15) is 8.42 Å². The largest absolute Gasteiger partial charge is 0.491 e. The summed E-state index contributed by atoms with van der Waals surface area (Å²) in [4.78, 5) is 0.189. The van der Waals surface area contributed by atoms with E-state index in [1.165, 1.54) is 12.1 Å². The SMILES string of the molecule is O=S(=O)(NCC1CCCCO1)c1ccc(OCCO)cc1. The third-order valence-electron chi connectivity index (χ3n) is 3.27. The Labute approximate surface area is 125 Å². The van der Waals surface area contributed by atoms with Gasteiger partial charge in [-0.05, 0) is 43.5 Å². The fourth-order valence-electron chi connectivity index (χ4n) is 2.13. The normalized spacial score (nSPS) is 19.4. The van der Waals surface area contributed by atoms with Gasteiger partial charge in [0.25, 0.3) is 0 Å². The predicted molar refractivity (Wildman–Crippen MR) is 77.8 cm³/mol. The number of aliphatic hydroxyl groups is 1. The number of sulfonamides is 1. The molecule has 0 amide bonds. The molecule has 118 valence electrons. The highest BCUT2D eigenvalue weighted by molar-refractivity contribution is 7.89. The molecule has 0 radical (unpaired) electrons. The van der Waals surface area contributed by atoms with E-state index in [1.54, 1.807) is 12.1 Å². The summed E-state index contributed by atoms with van der Waals surface area (Å²) in [6.45, 7) is 1.10. The molecule has 0 aliphatic carbocycles. The zero-order valence-electron chi connectivity index (χ0n) is 11.8. The van der Waals surface area contributed by atoms with E-state index in [4.69, 9.17) is 14.6 Å². The van der Waals surface area contributed by atoms with Crippen LogP contribution in [0.3, 0.4) is 0 Å². The first-order valence-corrected chi connectivity index (χ1v) is 8.55. The highest BCUT2D eigenvalue weighted by Gasteiger charge is 2.19. The Morgan fingerprint density at radius 3 is 2.67 bits per heavy atom. The number of benzene rings is 1. The van der Waals surface area contributed by atoms with E-state index in [-0.39, 0.29) is 24.2 Å². The molecular formula is C14H21NO5S. The molecule has 1 aliphatic rings. The molecular weight excluding hydrogens is 294 g/mol. The molecule has 21 heavy (non-hydrogen) atoms. The van der Waals surface area contributed by atoms with Crippen LogP contribution in [0.4, 0.5) is 0 Å². The van der Waals surface area contributed by atoms with Gasteiger partial charge in [-0.3, -0.25) is 0 Å². The molecule has 1 saturated heterocycles. The maximum atomic E-state index is 12.2. The first-order chi connectivity index (χ1) is 10.1. The van der Waals surface area contributed by atoms with Gasteiger partial charge in [0.2, 0.25) is 10.0 Å². The minimum Gasteiger partial charge on any atom is -0.491 e. The first-order valence-electron chi connectivity index (χ1n) is 7.07. The Bertz CT molecular complexity index is 523. The van der Waals surface area contributed by atoms with E-state index in [2.05, 4.69) is 4.72 Å². The number of aliphatic hydroxyl groups excluding tert-OH is 1. The van der Waals surface area contributed by atoms with Crippen LogP contribution in [0.2, 0.25) is 0 Å². The highest BCUT2D eigenvalue weighted by Crippen LogP contribution is 2.17. The maximum absolute atomic E-state index is 12.2. The summed E-state index contributed by atoms with van der Waals surface area (Å²) >= 11 is 0. The Morgan fingerprint density at radius 1 is 1.29 bits per heavy atom. The molecule has 2 rings (SSSR count). The van der Waals surface area contributed by atoms with Crippen LogP contribution in [0.15, 0.2) is 29.2 Å². The molecule has 1 aromatic rings. The van der Waals surface area contributed by atoms with Crippen molar-refractivity contribution in [1.82, 2.24) is 4.72 Å². The van der Waals surface area contributed by atoms with Gasteiger partial charge in [0.15, 0.2) is 0 Å². The van der Waals surface area contributed by atoms with E-state index >= 15 is 0 Å². The standard InChI is InChI=1S/C14H21NO5S/c16-8-10-20-12-4-6-14(7-5-12)21(17,18)15-11-13-3-1-2-9-19-13/h4-7,13,15-16H,1-3,8-11H2. The third-order valence-corrected chi connectivity index (χ3v) is 4.71. The molecule has 1 atom stereocenters. The van der Waals surface area contributed by atoms with Crippen LogP contribution in [0.1, 0.15) is 19.3 Å². The van der Waals surface area contributed by atoms with Crippen molar-refractivity contribution in [3.8, 4) is 5.75 Å². The quantitative estimate of drug-likeness (QED) is 0.781. The summed E-state index contributed by atoms with van der Waals surface area (Å²) < 4.78 is 37.6. The lowest BCUT2D eigenvalue weighted by molar-refractivity contribution is 0.0200. The molecule has 1 heterocycles. The number of nitrogens with one attached hydrogen (secondary N) is 1. The molecule has 0 spiro atoms. The first kappa shape index (κ1) is 16.2. The molecule has 0 bridgehead atoms. The molecule has 2 N–H and O–H groups in total. The lowest BCUT2D eigenvalue weighted by Gasteiger charge is -2.22. The van der Waals surface area contributed by atoms with Crippen molar-refractivity contribution in [2.24, 2.45) is 0 Å². The molecule has 1 aromatic carbocycles. The zero-order valence-corrected chi connectivity index (χ0v) is 12.6. The van der Waals surface area contributed by atoms with Crippen molar-refractivity contribution in [2.45, 2.75) is 30.3 Å². The van der Waals surface area contributed by atoms with Gasteiger partial charge in [-0.25, -0.2) is 13.1 Å². The molecule has 0 saturated carbocycles. The monoisotopic (exact) mass is 315 g/mol. The lowest BCUT2D eigenvalue weighted by atomic mass is 10.1. The summed E-state index contributed by atoms with van der Waals surface area (Å²) in [5, 5.41) is 8.66. The van der Waals surface area contributed by atoms with E-state index < -0.39 is 10.0 Å². The summed E-state index contributed by atoms with van der Waals surface area (Å²) in [6, 6.07) is 6.11. The average Bonchev–Trinajstić information content (AvgIpc) is 2.52. The molecule has 1 unspecified atom stereocenters. The van der Waals surface area contributed by atoms with Gasteiger partial charge in [0.05, 0.1) is 17.6 Å². The second-order valence-corrected chi connectivity index (χ2v) is 6.65. The van der Waals surface area contributed by atoms with Crippen molar-refractivity contribution >= 4 is 10.0 Å². The molecule has 1 fully saturated rings. The molecule has 7 heteroatoms. The summed E-state index contributed by atoms with van der Waals surface area (Å²) in [6.07, 6.45) is 2.96. The summed E-state index contributed by atoms with van der Waals surface area (Å²) in [5.41, 5.74) is 0. The Hall–Kier alpha value is -1.15. The molecule has 0 aromatic heterocycles. The molecule has 6 nitrogen and oxygen atoms in total. The van der Waals surface area contributed by atoms with Crippen molar-refractivity contribution in [3.05, 3.63) is 24.3 Å². The van der Waals surface area contributed by atoms with Crippen LogP contribution in [0, 0.1) is 0 Å². The van der Waals surface area contributed by atoms with Crippen LogP contribution in [-0.4, -0.2) is 46.0 Å². The Kier molecular flexibility index (Phi) is 5.98. The van der Waals surface area contributed by atoms with Gasteiger partial charge < -0.3 is 14.6 Å². The van der Waals surface area contributed by atoms with Crippen LogP contribution in [-0.2, 0) is 14.8 Å². The van der Waals surface area contributed by atoms with Gasteiger partial charge in [0, 0.05) is 13.2 Å². The smallest absolute Gasteiger partial charge is 0.240 e. The number of rotatable bonds is 7. The van der Waals surface area contributed by atoms with Gasteiger partial charge in [-0.1, -0.05) is 0 Å². The topological polar surface area (TPSA) is 84.9 Å². The second kappa shape index (κ2) is 7.74. The van der Waals surface area contributed by atoms with E-state index in [0.717, 1.165) is 19.3 Å². The Balaban J connectivity index is 1.91. The minimum absolute atomic E-state index is 0.0410. The van der Waals surface area contributed by atoms with Crippen LogP contribution in [0.25, 0.3) is 0 Å². The average molecular weight is 315 g/mol. The fourth-order valence-corrected chi connectivity index (χ4v) is 3.20. The van der Waals surface area contributed by atoms with Gasteiger partial charge in [-0.15, -0.1) is 0 Å². The third kappa shape index (κ3) is 4.96. The Morgan fingerprint density at radius 2 is 2.05 bits per heavy atom. The minimum atomic E-state index is -3.53. The van der Waals surface area contributed by atoms with E-state index in [1.807, 2.05) is 0 Å². The van der Waals surface area contributed by atoms with Crippen molar-refractivity contribution in [2.75, 3.05) is 26.4 Å².